The summed E-state index contributed by atoms with van der Waals surface area (Å²) < 4.78 is 26.6. The SMILES string of the molecule is O=C(O)c1cnc(N2CCN(S(=O)(=O)c3ccccc3)CC2)cn1. The van der Waals surface area contributed by atoms with Crippen LogP contribution in [-0.2, 0) is 10.0 Å². The summed E-state index contributed by atoms with van der Waals surface area (Å²) in [4.78, 5) is 20.9. The van der Waals surface area contributed by atoms with Gasteiger partial charge < -0.3 is 10.0 Å². The molecular formula is C15H16N4O4S. The molecule has 1 aromatic carbocycles. The summed E-state index contributed by atoms with van der Waals surface area (Å²) >= 11 is 0. The van der Waals surface area contributed by atoms with Crippen molar-refractivity contribution in [1.29, 1.82) is 0 Å². The van der Waals surface area contributed by atoms with Crippen molar-refractivity contribution in [2.24, 2.45) is 0 Å². The summed E-state index contributed by atoms with van der Waals surface area (Å²) in [6.07, 6.45) is 2.59. The lowest BCUT2D eigenvalue weighted by Crippen LogP contribution is -2.48. The molecule has 8 nitrogen and oxygen atoms in total. The highest BCUT2D eigenvalue weighted by Gasteiger charge is 2.28. The number of hydrogen-bond acceptors (Lipinski definition) is 6. The number of aromatic nitrogens is 2. The number of piperazine rings is 1. The zero-order chi connectivity index (χ0) is 17.2. The summed E-state index contributed by atoms with van der Waals surface area (Å²) in [5.41, 5.74) is -0.121. The number of benzene rings is 1. The maximum absolute atomic E-state index is 12.6. The highest BCUT2D eigenvalue weighted by atomic mass is 32.2. The minimum absolute atomic E-state index is 0.121. The quantitative estimate of drug-likeness (QED) is 0.867. The van der Waals surface area contributed by atoms with Gasteiger partial charge >= 0.3 is 5.97 Å². The van der Waals surface area contributed by atoms with Crippen LogP contribution in [0.25, 0.3) is 0 Å². The second-order valence-corrected chi connectivity index (χ2v) is 7.21. The third-order valence-electron chi connectivity index (χ3n) is 3.80. The molecule has 2 heterocycles. The normalized spacial score (nSPS) is 16.1. The van der Waals surface area contributed by atoms with Gasteiger partial charge in [-0.25, -0.2) is 23.2 Å². The third-order valence-corrected chi connectivity index (χ3v) is 5.71. The summed E-state index contributed by atoms with van der Waals surface area (Å²) in [5, 5.41) is 8.83. The molecule has 0 bridgehead atoms. The molecule has 2 aromatic rings. The van der Waals surface area contributed by atoms with Gasteiger partial charge in [-0.1, -0.05) is 18.2 Å². The Hall–Kier alpha value is -2.52. The number of aromatic carboxylic acids is 1. The van der Waals surface area contributed by atoms with E-state index in [9.17, 15) is 13.2 Å². The number of carboxylic acids is 1. The van der Waals surface area contributed by atoms with Crippen molar-refractivity contribution in [3.63, 3.8) is 0 Å². The minimum Gasteiger partial charge on any atom is -0.476 e. The first-order valence-corrected chi connectivity index (χ1v) is 8.78. The molecule has 0 atom stereocenters. The smallest absolute Gasteiger partial charge is 0.356 e. The second kappa shape index (κ2) is 6.54. The van der Waals surface area contributed by atoms with Crippen molar-refractivity contribution in [3.8, 4) is 0 Å². The molecule has 24 heavy (non-hydrogen) atoms. The van der Waals surface area contributed by atoms with Crippen LogP contribution in [0.15, 0.2) is 47.6 Å². The van der Waals surface area contributed by atoms with Crippen LogP contribution in [0, 0.1) is 0 Å². The molecule has 0 saturated carbocycles. The molecule has 0 spiro atoms. The molecule has 0 amide bonds. The van der Waals surface area contributed by atoms with E-state index in [0.717, 1.165) is 0 Å². The fourth-order valence-corrected chi connectivity index (χ4v) is 3.94. The fraction of sp³-hybridized carbons (Fsp3) is 0.267. The summed E-state index contributed by atoms with van der Waals surface area (Å²) in [5.74, 6) is -0.593. The van der Waals surface area contributed by atoms with Crippen LogP contribution in [0.3, 0.4) is 0 Å². The number of carboxylic acid groups (broad SMARTS) is 1. The van der Waals surface area contributed by atoms with Crippen LogP contribution in [0.2, 0.25) is 0 Å². The molecule has 1 saturated heterocycles. The Morgan fingerprint density at radius 3 is 2.21 bits per heavy atom. The zero-order valence-corrected chi connectivity index (χ0v) is 13.6. The van der Waals surface area contributed by atoms with Gasteiger partial charge in [-0.15, -0.1) is 0 Å². The van der Waals surface area contributed by atoms with Crippen LogP contribution in [-0.4, -0.2) is 59.9 Å². The van der Waals surface area contributed by atoms with Crippen LogP contribution in [0.5, 0.6) is 0 Å². The van der Waals surface area contributed by atoms with Crippen LogP contribution >= 0.6 is 0 Å². The third kappa shape index (κ3) is 3.22. The zero-order valence-electron chi connectivity index (χ0n) is 12.7. The predicted molar refractivity (Wildman–Crippen MR) is 86.4 cm³/mol. The molecule has 1 aliphatic rings. The Balaban J connectivity index is 1.68. The van der Waals surface area contributed by atoms with E-state index in [2.05, 4.69) is 9.97 Å². The Kier molecular flexibility index (Phi) is 4.45. The van der Waals surface area contributed by atoms with Crippen LogP contribution in [0.4, 0.5) is 5.82 Å². The summed E-state index contributed by atoms with van der Waals surface area (Å²) in [6, 6.07) is 8.33. The first-order chi connectivity index (χ1) is 11.5. The molecular weight excluding hydrogens is 332 g/mol. The number of carbonyl (C=O) groups is 1. The first-order valence-electron chi connectivity index (χ1n) is 7.34. The number of hydrogen-bond donors (Lipinski definition) is 1. The van der Waals surface area contributed by atoms with E-state index < -0.39 is 16.0 Å². The highest BCUT2D eigenvalue weighted by Crippen LogP contribution is 2.19. The van der Waals surface area contributed by atoms with Crippen molar-refractivity contribution in [2.75, 3.05) is 31.1 Å². The molecule has 3 rings (SSSR count). The minimum atomic E-state index is -3.49. The van der Waals surface area contributed by atoms with E-state index in [1.807, 2.05) is 4.90 Å². The fourth-order valence-electron chi connectivity index (χ4n) is 2.49. The molecule has 126 valence electrons. The Labute approximate surface area is 139 Å². The van der Waals surface area contributed by atoms with Gasteiger partial charge in [-0.3, -0.25) is 0 Å². The summed E-state index contributed by atoms with van der Waals surface area (Å²) in [7, 11) is -3.49. The monoisotopic (exact) mass is 348 g/mol. The molecule has 1 N–H and O–H groups in total. The number of nitrogens with zero attached hydrogens (tertiary/aromatic N) is 4. The average molecular weight is 348 g/mol. The highest BCUT2D eigenvalue weighted by molar-refractivity contribution is 7.89. The lowest BCUT2D eigenvalue weighted by Gasteiger charge is -2.34. The van der Waals surface area contributed by atoms with E-state index in [0.29, 0.717) is 32.0 Å². The van der Waals surface area contributed by atoms with Gasteiger partial charge in [-0.2, -0.15) is 4.31 Å². The Bertz CT molecular complexity index is 816. The first kappa shape index (κ1) is 16.3. The average Bonchev–Trinajstić information content (AvgIpc) is 2.62. The van der Waals surface area contributed by atoms with Crippen molar-refractivity contribution in [1.82, 2.24) is 14.3 Å². The van der Waals surface area contributed by atoms with Gasteiger partial charge in [0.05, 0.1) is 17.3 Å². The molecule has 1 aliphatic heterocycles. The molecule has 1 fully saturated rings. The van der Waals surface area contributed by atoms with Gasteiger partial charge in [0.15, 0.2) is 5.69 Å². The van der Waals surface area contributed by atoms with E-state index in [1.165, 1.54) is 16.7 Å². The Morgan fingerprint density at radius 1 is 1.00 bits per heavy atom. The van der Waals surface area contributed by atoms with Gasteiger partial charge in [0.1, 0.15) is 5.82 Å². The molecule has 0 unspecified atom stereocenters. The van der Waals surface area contributed by atoms with E-state index in [1.54, 1.807) is 30.3 Å². The lowest BCUT2D eigenvalue weighted by molar-refractivity contribution is 0.0690. The van der Waals surface area contributed by atoms with E-state index >= 15 is 0 Å². The van der Waals surface area contributed by atoms with E-state index in [4.69, 9.17) is 5.11 Å². The van der Waals surface area contributed by atoms with Crippen molar-refractivity contribution >= 4 is 21.8 Å². The van der Waals surface area contributed by atoms with Gasteiger partial charge in [0.2, 0.25) is 10.0 Å². The van der Waals surface area contributed by atoms with Crippen molar-refractivity contribution in [3.05, 3.63) is 48.4 Å². The maximum Gasteiger partial charge on any atom is 0.356 e. The van der Waals surface area contributed by atoms with Gasteiger partial charge in [0.25, 0.3) is 0 Å². The molecule has 1 aromatic heterocycles. The lowest BCUT2D eigenvalue weighted by atomic mass is 10.3. The topological polar surface area (TPSA) is 104 Å². The molecule has 9 heteroatoms. The summed E-state index contributed by atoms with van der Waals surface area (Å²) in [6.45, 7) is 1.60. The number of sulfonamides is 1. The Morgan fingerprint density at radius 2 is 1.67 bits per heavy atom. The largest absolute Gasteiger partial charge is 0.476 e. The molecule has 0 aliphatic carbocycles. The van der Waals surface area contributed by atoms with Crippen LogP contribution in [0.1, 0.15) is 10.5 Å². The number of anilines is 1. The van der Waals surface area contributed by atoms with Crippen molar-refractivity contribution in [2.45, 2.75) is 4.90 Å². The van der Waals surface area contributed by atoms with Gasteiger partial charge in [-0.05, 0) is 12.1 Å². The van der Waals surface area contributed by atoms with Gasteiger partial charge in [0, 0.05) is 26.2 Å². The van der Waals surface area contributed by atoms with Crippen molar-refractivity contribution < 1.29 is 18.3 Å². The maximum atomic E-state index is 12.6. The second-order valence-electron chi connectivity index (χ2n) is 5.27. The predicted octanol–water partition coefficient (Wildman–Crippen LogP) is 0.686. The van der Waals surface area contributed by atoms with E-state index in [-0.39, 0.29) is 10.6 Å². The standard InChI is InChI=1S/C15H16N4O4S/c20-15(21)13-10-17-14(11-16-13)18-6-8-19(9-7-18)24(22,23)12-4-2-1-3-5-12/h1-5,10-11H,6-9H2,(H,20,21). The molecule has 0 radical (unpaired) electrons. The number of rotatable bonds is 4. The van der Waals surface area contributed by atoms with Crippen LogP contribution < -0.4 is 4.90 Å².